The summed E-state index contributed by atoms with van der Waals surface area (Å²) in [6, 6.07) is 0.212. The van der Waals surface area contributed by atoms with Crippen LogP contribution in [-0.2, 0) is 16.1 Å². The van der Waals surface area contributed by atoms with Gasteiger partial charge in [0.1, 0.15) is 0 Å². The smallest absolute Gasteiger partial charge is 0.228 e. The molecule has 3 fully saturated rings. The number of hydrogen-bond donors (Lipinski definition) is 0. The van der Waals surface area contributed by atoms with Crippen molar-refractivity contribution in [1.29, 1.82) is 0 Å². The summed E-state index contributed by atoms with van der Waals surface area (Å²) in [5.74, 6) is 0.883. The van der Waals surface area contributed by atoms with Crippen LogP contribution in [0.4, 0.5) is 0 Å². The Kier molecular flexibility index (Phi) is 4.06. The summed E-state index contributed by atoms with van der Waals surface area (Å²) in [4.78, 5) is 29.1. The summed E-state index contributed by atoms with van der Waals surface area (Å²) in [6.45, 7) is 5.08. The highest BCUT2D eigenvalue weighted by atomic mass is 16.2. The van der Waals surface area contributed by atoms with E-state index < -0.39 is 0 Å². The monoisotopic (exact) mass is 330 g/mol. The largest absolute Gasteiger partial charge is 0.342 e. The Bertz CT molecular complexity index is 637. The van der Waals surface area contributed by atoms with E-state index in [-0.39, 0.29) is 23.8 Å². The molecule has 1 aromatic rings. The van der Waals surface area contributed by atoms with Gasteiger partial charge in [-0.2, -0.15) is 5.10 Å². The minimum absolute atomic E-state index is 0.142. The Labute approximate surface area is 142 Å². The zero-order valence-electron chi connectivity index (χ0n) is 14.4. The molecule has 24 heavy (non-hydrogen) atoms. The second-order valence-electron chi connectivity index (χ2n) is 7.71. The molecule has 2 saturated heterocycles. The van der Waals surface area contributed by atoms with Crippen LogP contribution in [-0.4, -0.2) is 57.1 Å². The maximum Gasteiger partial charge on any atom is 0.228 e. The highest BCUT2D eigenvalue weighted by Crippen LogP contribution is 2.33. The fraction of sp³-hybridized carbons (Fsp3) is 0.722. The van der Waals surface area contributed by atoms with Gasteiger partial charge in [0.25, 0.3) is 0 Å². The molecule has 1 saturated carbocycles. The number of rotatable bonds is 5. The normalized spacial score (nSPS) is 27.3. The van der Waals surface area contributed by atoms with E-state index in [4.69, 9.17) is 0 Å². The molecule has 2 aliphatic heterocycles. The van der Waals surface area contributed by atoms with Gasteiger partial charge in [-0.05, 0) is 44.1 Å². The van der Waals surface area contributed by atoms with Gasteiger partial charge in [0.2, 0.25) is 11.8 Å². The molecule has 1 aromatic heterocycles. The number of aryl methyl sites for hydroxylation is 1. The second kappa shape index (κ2) is 6.22. The zero-order valence-corrected chi connectivity index (χ0v) is 14.4. The van der Waals surface area contributed by atoms with Crippen molar-refractivity contribution < 1.29 is 9.59 Å². The number of carbonyl (C=O) groups excluding carboxylic acids is 2. The Morgan fingerprint density at radius 1 is 1.29 bits per heavy atom. The zero-order chi connectivity index (χ0) is 16.7. The first-order valence-electron chi connectivity index (χ1n) is 9.17. The summed E-state index contributed by atoms with van der Waals surface area (Å²) >= 11 is 0. The van der Waals surface area contributed by atoms with Crippen LogP contribution in [0, 0.1) is 18.8 Å². The van der Waals surface area contributed by atoms with Gasteiger partial charge in [0.15, 0.2) is 0 Å². The topological polar surface area (TPSA) is 58.4 Å². The van der Waals surface area contributed by atoms with Crippen molar-refractivity contribution in [3.8, 4) is 0 Å². The summed E-state index contributed by atoms with van der Waals surface area (Å²) in [5.41, 5.74) is 1.14. The Balaban J connectivity index is 1.38. The Morgan fingerprint density at radius 3 is 2.83 bits per heavy atom. The van der Waals surface area contributed by atoms with Gasteiger partial charge in [-0.25, -0.2) is 0 Å². The lowest BCUT2D eigenvalue weighted by atomic mass is 10.1. The molecule has 130 valence electrons. The molecular weight excluding hydrogens is 304 g/mol. The average molecular weight is 330 g/mol. The molecule has 0 spiro atoms. The van der Waals surface area contributed by atoms with Gasteiger partial charge in [0.05, 0.1) is 24.7 Å². The quantitative estimate of drug-likeness (QED) is 0.821. The van der Waals surface area contributed by atoms with Crippen LogP contribution >= 0.6 is 0 Å². The van der Waals surface area contributed by atoms with Crippen LogP contribution in [0.3, 0.4) is 0 Å². The van der Waals surface area contributed by atoms with E-state index in [0.717, 1.165) is 38.0 Å². The van der Waals surface area contributed by atoms with E-state index in [1.54, 1.807) is 0 Å². The maximum atomic E-state index is 13.0. The first-order chi connectivity index (χ1) is 11.6. The summed E-state index contributed by atoms with van der Waals surface area (Å²) in [6.07, 6.45) is 8.82. The summed E-state index contributed by atoms with van der Waals surface area (Å²) in [5, 5.41) is 4.35. The molecule has 6 heteroatoms. The molecule has 1 aliphatic carbocycles. The molecule has 0 N–H and O–H groups in total. The molecule has 2 amide bonds. The lowest BCUT2D eigenvalue weighted by Crippen LogP contribution is -2.42. The standard InChI is InChI=1S/C18H26N4O2/c1-13-8-19-21(9-13)12-16-3-2-6-22(16)18(24)15-7-17(23)20(11-15)10-14-4-5-14/h8-9,14-16H,2-7,10-12H2,1H3/t15-,16-/m1/s1. The van der Waals surface area contributed by atoms with Crippen molar-refractivity contribution >= 4 is 11.8 Å². The van der Waals surface area contributed by atoms with Gasteiger partial charge in [0, 0.05) is 32.3 Å². The van der Waals surface area contributed by atoms with Gasteiger partial charge in [-0.3, -0.25) is 14.3 Å². The minimum atomic E-state index is -0.142. The predicted molar refractivity (Wildman–Crippen MR) is 89.1 cm³/mol. The Hall–Kier alpha value is -1.85. The van der Waals surface area contributed by atoms with Crippen molar-refractivity contribution in [2.45, 2.75) is 51.6 Å². The SMILES string of the molecule is Cc1cnn(C[C@H]2CCCN2C(=O)[C@@H]2CC(=O)N(CC3CC3)C2)c1. The van der Waals surface area contributed by atoms with Gasteiger partial charge in [-0.1, -0.05) is 0 Å². The van der Waals surface area contributed by atoms with E-state index in [1.807, 2.05) is 33.8 Å². The fourth-order valence-corrected chi connectivity index (χ4v) is 4.06. The highest BCUT2D eigenvalue weighted by molar-refractivity contribution is 5.89. The summed E-state index contributed by atoms with van der Waals surface area (Å²) in [7, 11) is 0. The molecule has 3 heterocycles. The van der Waals surface area contributed by atoms with Crippen LogP contribution in [0.5, 0.6) is 0 Å². The van der Waals surface area contributed by atoms with Crippen molar-refractivity contribution in [3.05, 3.63) is 18.0 Å². The molecule has 0 unspecified atom stereocenters. The van der Waals surface area contributed by atoms with Gasteiger partial charge < -0.3 is 9.80 Å². The highest BCUT2D eigenvalue weighted by Gasteiger charge is 2.41. The van der Waals surface area contributed by atoms with E-state index in [2.05, 4.69) is 5.10 Å². The molecule has 3 aliphatic rings. The molecule has 0 aromatic carbocycles. The number of hydrogen-bond acceptors (Lipinski definition) is 3. The molecule has 0 bridgehead atoms. The van der Waals surface area contributed by atoms with E-state index in [0.29, 0.717) is 18.9 Å². The molecule has 4 rings (SSSR count). The van der Waals surface area contributed by atoms with Crippen molar-refractivity contribution in [1.82, 2.24) is 19.6 Å². The van der Waals surface area contributed by atoms with E-state index in [1.165, 1.54) is 12.8 Å². The summed E-state index contributed by atoms with van der Waals surface area (Å²) < 4.78 is 1.94. The van der Waals surface area contributed by atoms with Crippen molar-refractivity contribution in [3.63, 3.8) is 0 Å². The van der Waals surface area contributed by atoms with Crippen LogP contribution in [0.15, 0.2) is 12.4 Å². The number of likely N-dealkylation sites (tertiary alicyclic amines) is 2. The number of amides is 2. The number of nitrogens with zero attached hydrogens (tertiary/aromatic N) is 4. The third kappa shape index (κ3) is 3.19. The van der Waals surface area contributed by atoms with Crippen LogP contribution in [0.2, 0.25) is 0 Å². The lowest BCUT2D eigenvalue weighted by molar-refractivity contribution is -0.136. The van der Waals surface area contributed by atoms with Crippen LogP contribution in [0.1, 0.15) is 37.7 Å². The second-order valence-corrected chi connectivity index (χ2v) is 7.71. The fourth-order valence-electron chi connectivity index (χ4n) is 4.06. The van der Waals surface area contributed by atoms with E-state index in [9.17, 15) is 9.59 Å². The Morgan fingerprint density at radius 2 is 2.12 bits per heavy atom. The molecule has 2 atom stereocenters. The van der Waals surface area contributed by atoms with Gasteiger partial charge in [-0.15, -0.1) is 0 Å². The first-order valence-corrected chi connectivity index (χ1v) is 9.17. The average Bonchev–Trinajstić information content (AvgIpc) is 2.92. The molecular formula is C18H26N4O2. The molecule has 0 radical (unpaired) electrons. The number of aromatic nitrogens is 2. The predicted octanol–water partition coefficient (Wildman–Crippen LogP) is 1.44. The van der Waals surface area contributed by atoms with Crippen molar-refractivity contribution in [2.75, 3.05) is 19.6 Å². The first kappa shape index (κ1) is 15.7. The number of carbonyl (C=O) groups is 2. The third-order valence-corrected chi connectivity index (χ3v) is 5.56. The minimum Gasteiger partial charge on any atom is -0.342 e. The molecule has 6 nitrogen and oxygen atoms in total. The third-order valence-electron chi connectivity index (χ3n) is 5.56. The van der Waals surface area contributed by atoms with E-state index >= 15 is 0 Å². The van der Waals surface area contributed by atoms with Crippen LogP contribution in [0.25, 0.3) is 0 Å². The lowest BCUT2D eigenvalue weighted by Gasteiger charge is -2.27. The van der Waals surface area contributed by atoms with Gasteiger partial charge >= 0.3 is 0 Å². The van der Waals surface area contributed by atoms with Crippen LogP contribution < -0.4 is 0 Å². The van der Waals surface area contributed by atoms with Crippen molar-refractivity contribution in [2.24, 2.45) is 11.8 Å². The maximum absolute atomic E-state index is 13.0.